The second-order valence-corrected chi connectivity index (χ2v) is 6.29. The van der Waals surface area contributed by atoms with Gasteiger partial charge in [-0.15, -0.1) is 0 Å². The Morgan fingerprint density at radius 1 is 1.11 bits per heavy atom. The molecule has 0 aliphatic carbocycles. The number of carbonyl (C=O) groups excluding carboxylic acids is 1. The number of nitrogens with one attached hydrogen (secondary N) is 1. The molecule has 1 N–H and O–H groups in total. The van der Waals surface area contributed by atoms with Crippen LogP contribution in [0.3, 0.4) is 0 Å². The Labute approximate surface area is 163 Å². The number of hydrogen-bond donors (Lipinski definition) is 1. The Balaban J connectivity index is 1.78. The predicted octanol–water partition coefficient (Wildman–Crippen LogP) is 5.39. The third-order valence-electron chi connectivity index (χ3n) is 3.57. The SMILES string of the molecule is O=C(NCc1ccc(F)cc1F)c1cccnc1Oc1cc(Cl)ccc1Cl. The summed E-state index contributed by atoms with van der Waals surface area (Å²) in [4.78, 5) is 16.5. The fourth-order valence-corrected chi connectivity index (χ4v) is 2.56. The number of rotatable bonds is 5. The lowest BCUT2D eigenvalue weighted by molar-refractivity contribution is 0.0947. The van der Waals surface area contributed by atoms with Gasteiger partial charge in [-0.2, -0.15) is 0 Å². The van der Waals surface area contributed by atoms with Gasteiger partial charge in [-0.05, 0) is 30.3 Å². The van der Waals surface area contributed by atoms with Crippen LogP contribution >= 0.6 is 23.2 Å². The summed E-state index contributed by atoms with van der Waals surface area (Å²) >= 11 is 12.0. The van der Waals surface area contributed by atoms with Crippen LogP contribution in [0.4, 0.5) is 8.78 Å². The van der Waals surface area contributed by atoms with Crippen LogP contribution in [0.25, 0.3) is 0 Å². The highest BCUT2D eigenvalue weighted by atomic mass is 35.5. The first-order valence-electron chi connectivity index (χ1n) is 7.74. The quantitative estimate of drug-likeness (QED) is 0.615. The number of carbonyl (C=O) groups is 1. The van der Waals surface area contributed by atoms with Crippen LogP contribution in [0, 0.1) is 11.6 Å². The summed E-state index contributed by atoms with van der Waals surface area (Å²) in [6, 6.07) is 10.8. The molecule has 4 nitrogen and oxygen atoms in total. The van der Waals surface area contributed by atoms with Gasteiger partial charge in [0.25, 0.3) is 5.91 Å². The Hall–Kier alpha value is -2.70. The molecule has 3 rings (SSSR count). The van der Waals surface area contributed by atoms with Crippen molar-refractivity contribution in [3.05, 3.63) is 87.5 Å². The summed E-state index contributed by atoms with van der Waals surface area (Å²) < 4.78 is 32.3. The number of ether oxygens (including phenoxy) is 1. The van der Waals surface area contributed by atoms with E-state index in [-0.39, 0.29) is 29.3 Å². The zero-order chi connectivity index (χ0) is 19.4. The average Bonchev–Trinajstić information content (AvgIpc) is 2.64. The van der Waals surface area contributed by atoms with Gasteiger partial charge in [-0.1, -0.05) is 29.3 Å². The van der Waals surface area contributed by atoms with Crippen molar-refractivity contribution in [2.75, 3.05) is 0 Å². The molecular weight excluding hydrogens is 397 g/mol. The average molecular weight is 409 g/mol. The van der Waals surface area contributed by atoms with Crippen molar-refractivity contribution in [1.29, 1.82) is 0 Å². The highest BCUT2D eigenvalue weighted by Gasteiger charge is 2.16. The maximum atomic E-state index is 13.7. The van der Waals surface area contributed by atoms with Gasteiger partial charge in [0.05, 0.1) is 5.02 Å². The molecule has 2 aromatic carbocycles. The van der Waals surface area contributed by atoms with E-state index in [4.69, 9.17) is 27.9 Å². The number of aromatic nitrogens is 1. The normalized spacial score (nSPS) is 10.5. The topological polar surface area (TPSA) is 51.2 Å². The molecule has 0 saturated heterocycles. The molecule has 0 unspecified atom stereocenters. The second-order valence-electron chi connectivity index (χ2n) is 5.45. The van der Waals surface area contributed by atoms with E-state index in [2.05, 4.69) is 10.3 Å². The van der Waals surface area contributed by atoms with E-state index in [1.807, 2.05) is 0 Å². The number of amides is 1. The minimum atomic E-state index is -0.747. The summed E-state index contributed by atoms with van der Waals surface area (Å²) in [6.45, 7) is -0.128. The molecule has 0 bridgehead atoms. The van der Waals surface area contributed by atoms with Gasteiger partial charge < -0.3 is 10.1 Å². The van der Waals surface area contributed by atoms with Crippen molar-refractivity contribution in [2.45, 2.75) is 6.54 Å². The van der Waals surface area contributed by atoms with E-state index in [9.17, 15) is 13.6 Å². The summed E-state index contributed by atoms with van der Waals surface area (Å²) in [6.07, 6.45) is 1.45. The van der Waals surface area contributed by atoms with Crippen molar-refractivity contribution < 1.29 is 18.3 Å². The van der Waals surface area contributed by atoms with Gasteiger partial charge in [-0.25, -0.2) is 13.8 Å². The predicted molar refractivity (Wildman–Crippen MR) is 98.3 cm³/mol. The molecule has 3 aromatic rings. The minimum absolute atomic E-state index is 0.0127. The van der Waals surface area contributed by atoms with Gasteiger partial charge >= 0.3 is 0 Å². The van der Waals surface area contributed by atoms with E-state index in [1.54, 1.807) is 18.2 Å². The molecule has 27 heavy (non-hydrogen) atoms. The van der Waals surface area contributed by atoms with E-state index in [0.717, 1.165) is 12.1 Å². The highest BCUT2D eigenvalue weighted by molar-refractivity contribution is 6.34. The molecule has 1 amide bonds. The Morgan fingerprint density at radius 2 is 1.93 bits per heavy atom. The first kappa shape index (κ1) is 19.1. The number of pyridine rings is 1. The van der Waals surface area contributed by atoms with Crippen LogP contribution in [0.15, 0.2) is 54.7 Å². The summed E-state index contributed by atoms with van der Waals surface area (Å²) in [5, 5.41) is 3.25. The number of nitrogens with zero attached hydrogens (tertiary/aromatic N) is 1. The molecule has 8 heteroatoms. The van der Waals surface area contributed by atoms with E-state index >= 15 is 0 Å². The smallest absolute Gasteiger partial charge is 0.257 e. The first-order chi connectivity index (χ1) is 12.9. The Kier molecular flexibility index (Phi) is 5.88. The third-order valence-corrected chi connectivity index (χ3v) is 4.12. The second kappa shape index (κ2) is 8.33. The van der Waals surface area contributed by atoms with Crippen LogP contribution in [0.1, 0.15) is 15.9 Å². The van der Waals surface area contributed by atoms with Crippen LogP contribution < -0.4 is 10.1 Å². The summed E-state index contributed by atoms with van der Waals surface area (Å²) in [5.74, 6) is -1.73. The van der Waals surface area contributed by atoms with Crippen LogP contribution in [-0.2, 0) is 6.54 Å². The molecular formula is C19H12Cl2F2N2O2. The van der Waals surface area contributed by atoms with Crippen molar-refractivity contribution in [1.82, 2.24) is 10.3 Å². The minimum Gasteiger partial charge on any atom is -0.437 e. The van der Waals surface area contributed by atoms with Gasteiger partial charge in [0.2, 0.25) is 5.88 Å². The molecule has 0 spiro atoms. The zero-order valence-corrected chi connectivity index (χ0v) is 15.2. The molecule has 0 aliphatic rings. The van der Waals surface area contributed by atoms with Crippen molar-refractivity contribution in [3.8, 4) is 11.6 Å². The maximum absolute atomic E-state index is 13.7. The summed E-state index contributed by atoms with van der Waals surface area (Å²) in [7, 11) is 0. The largest absolute Gasteiger partial charge is 0.437 e. The molecule has 0 atom stereocenters. The zero-order valence-electron chi connectivity index (χ0n) is 13.7. The first-order valence-corrected chi connectivity index (χ1v) is 8.49. The van der Waals surface area contributed by atoms with Gasteiger partial charge in [0.15, 0.2) is 0 Å². The fraction of sp³-hybridized carbons (Fsp3) is 0.0526. The van der Waals surface area contributed by atoms with Crippen LogP contribution in [0.5, 0.6) is 11.6 Å². The fourth-order valence-electron chi connectivity index (χ4n) is 2.24. The van der Waals surface area contributed by atoms with Crippen LogP contribution in [-0.4, -0.2) is 10.9 Å². The van der Waals surface area contributed by atoms with Crippen LogP contribution in [0.2, 0.25) is 10.0 Å². The Morgan fingerprint density at radius 3 is 2.70 bits per heavy atom. The lowest BCUT2D eigenvalue weighted by atomic mass is 10.2. The lowest BCUT2D eigenvalue weighted by Crippen LogP contribution is -2.24. The standard InChI is InChI=1S/C19H12Cl2F2N2O2/c20-12-4-6-15(21)17(8-12)27-19-14(2-1-7-24-19)18(26)25-10-11-3-5-13(22)9-16(11)23/h1-9H,10H2,(H,25,26). The van der Waals surface area contributed by atoms with E-state index in [0.29, 0.717) is 10.0 Å². The molecule has 0 saturated carbocycles. The Bertz CT molecular complexity index is 999. The maximum Gasteiger partial charge on any atom is 0.257 e. The summed E-state index contributed by atoms with van der Waals surface area (Å²) in [5.41, 5.74) is 0.269. The molecule has 0 fully saturated rings. The lowest BCUT2D eigenvalue weighted by Gasteiger charge is -2.12. The van der Waals surface area contributed by atoms with Crippen molar-refractivity contribution in [3.63, 3.8) is 0 Å². The molecule has 0 radical (unpaired) electrons. The van der Waals surface area contributed by atoms with Gasteiger partial charge in [0.1, 0.15) is 22.9 Å². The van der Waals surface area contributed by atoms with Crippen molar-refractivity contribution >= 4 is 29.1 Å². The monoisotopic (exact) mass is 408 g/mol. The molecule has 0 aliphatic heterocycles. The third kappa shape index (κ3) is 4.72. The highest BCUT2D eigenvalue weighted by Crippen LogP contribution is 2.32. The number of halogens is 4. The van der Waals surface area contributed by atoms with Crippen molar-refractivity contribution in [2.24, 2.45) is 0 Å². The molecule has 138 valence electrons. The van der Waals surface area contributed by atoms with E-state index in [1.165, 1.54) is 24.4 Å². The molecule has 1 aromatic heterocycles. The van der Waals surface area contributed by atoms with E-state index < -0.39 is 17.5 Å². The molecule has 1 heterocycles. The van der Waals surface area contributed by atoms with Gasteiger partial charge in [0, 0.05) is 35.5 Å². The number of benzene rings is 2. The number of hydrogen-bond acceptors (Lipinski definition) is 3. The van der Waals surface area contributed by atoms with Gasteiger partial charge in [-0.3, -0.25) is 4.79 Å².